The van der Waals surface area contributed by atoms with Gasteiger partial charge in [0.15, 0.2) is 12.4 Å². The van der Waals surface area contributed by atoms with Crippen molar-refractivity contribution in [1.82, 2.24) is 0 Å². The molecule has 0 fully saturated rings. The Morgan fingerprint density at radius 3 is 1.29 bits per heavy atom. The predicted octanol–water partition coefficient (Wildman–Crippen LogP) is -19.8. The Morgan fingerprint density at radius 2 is 0.794 bits per heavy atom. The van der Waals surface area contributed by atoms with Crippen molar-refractivity contribution in [2.75, 3.05) is 0 Å². The van der Waals surface area contributed by atoms with Crippen LogP contribution in [0.3, 0.4) is 0 Å². The van der Waals surface area contributed by atoms with Crippen LogP contribution >= 0.6 is 0 Å². The Hall–Kier alpha value is -3.06. The monoisotopic (exact) mass is 1640 g/mol. The second-order valence-electron chi connectivity index (χ2n) is 21.7. The molecule has 25 heteroatoms. The molecule has 6 N–H and O–H groups in total. The van der Waals surface area contributed by atoms with Crippen molar-refractivity contribution >= 4 is 102 Å². The molecule has 0 bridgehead atoms. The van der Waals surface area contributed by atoms with Gasteiger partial charge < -0.3 is 50.3 Å². The second kappa shape index (κ2) is 54.6. The van der Waals surface area contributed by atoms with Crippen molar-refractivity contribution in [1.29, 1.82) is 0 Å². The van der Waals surface area contributed by atoms with Crippen LogP contribution in [0.1, 0.15) is 12.5 Å². The summed E-state index contributed by atoms with van der Waals surface area (Å²) in [6.45, 7) is 2.83. The number of aromatic amines is 4. The van der Waals surface area contributed by atoms with Gasteiger partial charge in [-0.25, -0.2) is 19.9 Å². The number of hydrogen-bond acceptors (Lipinski definition) is 7. The fourth-order valence-corrected chi connectivity index (χ4v) is 11.0. The van der Waals surface area contributed by atoms with Gasteiger partial charge in [-0.2, -0.15) is 0 Å². The molecule has 16 rings (SSSR count). The van der Waals surface area contributed by atoms with Crippen LogP contribution in [0.25, 0.3) is 116 Å². The molecule has 0 aliphatic heterocycles. The summed E-state index contributed by atoms with van der Waals surface area (Å²) >= 11 is 4.00. The van der Waals surface area contributed by atoms with E-state index in [1.165, 1.54) is 5.39 Å². The minimum Gasteiger partial charge on any atom is -0.875 e. The van der Waals surface area contributed by atoms with E-state index in [-0.39, 0.29) is 327 Å². The van der Waals surface area contributed by atoms with Crippen molar-refractivity contribution < 1.29 is 358 Å². The Bertz CT molecular complexity index is 5260. The zero-order chi connectivity index (χ0) is 67.3. The van der Waals surface area contributed by atoms with Gasteiger partial charge in [0.25, 0.3) is 0 Å². The number of rotatable bonds is 5. The summed E-state index contributed by atoms with van der Waals surface area (Å²) in [5, 5.41) is 77.6. The molecule has 484 valence electrons. The molecule has 107 heavy (non-hydrogen) atoms. The van der Waals surface area contributed by atoms with E-state index in [0.717, 1.165) is 101 Å². The number of halogens is 2. The number of carbonyl (C=O) groups is 1. The van der Waals surface area contributed by atoms with Gasteiger partial charge in [-0.1, -0.05) is 216 Å². The molecule has 0 saturated carbocycles. The molecule has 0 aliphatic rings. The smallest absolute Gasteiger partial charge is 0.218 e. The summed E-state index contributed by atoms with van der Waals surface area (Å²) in [5.41, 5.74) is 11.8. The summed E-state index contributed by atoms with van der Waals surface area (Å²) in [6.07, 6.45) is 4.92. The van der Waals surface area contributed by atoms with Crippen LogP contribution in [-0.4, -0.2) is 42.2 Å². The SMILES string of the molecule is CC(=O)[O-].Cc1cc2ccccc2c(-c2cccc[nH+]2)c1[O-].O.[Cs+].[Cs+].[F-].[F-].[K+].[Li+].[Li+].[Li+].[Li+].[Li+].[Li][Li].[O-]c1ccccc1-[n+]1[c-]ccc2ccccc21.[O-]c1ccccc1-c1[nH+]c2ccccc2c2ccccc12.[O-]c1ccccc1-c1ccc2ccccc2[nH+]1.[O-]c1ccccc1-c1ccc2ccccc2[nH+]1. The van der Waals surface area contributed by atoms with E-state index in [9.17, 15) is 25.5 Å². The molecule has 0 amide bonds. The largest absolute Gasteiger partial charge is 0.875 e. The van der Waals surface area contributed by atoms with E-state index in [1.54, 1.807) is 53.1 Å². The number of carbonyl (C=O) groups excluding carboxylic acids is 1. The second-order valence-corrected chi connectivity index (χ2v) is 21.7. The molecule has 0 atom stereocenters. The van der Waals surface area contributed by atoms with Crippen LogP contribution in [0.4, 0.5) is 0 Å². The van der Waals surface area contributed by atoms with Crippen molar-refractivity contribution in [3.63, 3.8) is 0 Å². The molecule has 5 heterocycles. The number of pyridine rings is 5. The number of benzene rings is 11. The van der Waals surface area contributed by atoms with Crippen molar-refractivity contribution in [3.8, 4) is 79.5 Å². The normalized spacial score (nSPS) is 9.33. The van der Waals surface area contributed by atoms with Crippen LogP contribution < -0.4 is 348 Å². The summed E-state index contributed by atoms with van der Waals surface area (Å²) in [7, 11) is 0. The number of hydrogen-bond donors (Lipinski definition) is 0. The van der Waals surface area contributed by atoms with Gasteiger partial charge in [-0.3, -0.25) is 4.57 Å². The molecule has 5 aromatic heterocycles. The van der Waals surface area contributed by atoms with E-state index in [1.807, 2.05) is 280 Å². The molecular weight excluding hydrogens is 1570 g/mol. The van der Waals surface area contributed by atoms with Gasteiger partial charge in [0.2, 0.25) is 39.3 Å². The van der Waals surface area contributed by atoms with Gasteiger partial charge in [0.1, 0.15) is 11.2 Å². The van der Waals surface area contributed by atoms with Crippen molar-refractivity contribution in [3.05, 3.63) is 321 Å². The van der Waals surface area contributed by atoms with Crippen LogP contribution in [0.2, 0.25) is 0 Å². The summed E-state index contributed by atoms with van der Waals surface area (Å²) in [6, 6.07) is 96.0. The number of aliphatic carboxylic acids is 1. The minimum atomic E-state index is -1.08. The number of carboxylic acid groups (broad SMARTS) is 1. The van der Waals surface area contributed by atoms with E-state index in [0.29, 0.717) is 22.4 Å². The van der Waals surface area contributed by atoms with E-state index < -0.39 is 5.97 Å². The molecule has 0 radical (unpaired) electrons. The number of carboxylic acids is 1. The average Bonchev–Trinajstić information content (AvgIpc) is 0.759. The zero-order valence-electron chi connectivity index (χ0n) is 62.5. The number of aryl methyl sites for hydroxylation is 1. The fraction of sp³-hybridized carbons (Fsp3) is 0.0244. The maximum atomic E-state index is 12.4. The third-order valence-corrected chi connectivity index (χ3v) is 15.4. The van der Waals surface area contributed by atoms with Crippen molar-refractivity contribution in [2.45, 2.75) is 13.8 Å². The Kier molecular flexibility index (Phi) is 54.1. The standard InChI is InChI=1S/C19H13NO.C16H13NO.3C15H11NO.C2H4O2.2Cs.2FH.K.7Li.H2O/c21-18-12-6-4-10-16(18)19-15-9-2-1-7-13(15)14-8-3-5-11-17(14)20-19;1-11-10-12-6-2-3-7-13(12)15(16(11)18)14-8-4-5-9-17-14;2*17-15-8-4-2-6-12(15)14-10-9-11-5-1-3-7-13(11)16-14;17-15-10-4-3-9-14(15)16-11-5-7-12-6-1-2-8-13(12)16;1-2(3)4;;;;;;;;;;;;;/h1-12,21H;2-10,18H,1H3;3*1-10,17H;1H3,(H,3,4);;;2*1H;;;;;;;;;1H2/q;;;;;;2*+1;;;+1;;;5*+1;/p-4. The quantitative estimate of drug-likeness (QED) is 0.0697. The third kappa shape index (κ3) is 28.8. The number of fused-ring (bicyclic) bond motifs is 7. The van der Waals surface area contributed by atoms with Crippen LogP contribution in [0, 0.1) is 13.1 Å². The van der Waals surface area contributed by atoms with E-state index >= 15 is 0 Å². The molecule has 16 aromatic rings. The maximum absolute atomic E-state index is 12.4. The third-order valence-electron chi connectivity index (χ3n) is 15.4. The van der Waals surface area contributed by atoms with Crippen LogP contribution in [-0.2, 0) is 4.79 Å². The summed E-state index contributed by atoms with van der Waals surface area (Å²) in [5.74, 6) is -0.867. The van der Waals surface area contributed by atoms with Gasteiger partial charge in [-0.05, 0) is 103 Å². The van der Waals surface area contributed by atoms with Gasteiger partial charge >= 0.3 is 314 Å². The first-order valence-electron chi connectivity index (χ1n) is 31.3. The Morgan fingerprint density at radius 1 is 0.402 bits per heavy atom. The summed E-state index contributed by atoms with van der Waals surface area (Å²) < 4.78 is 1.80. The number of para-hydroxylation sites is 9. The number of nitrogens with zero attached hydrogens (tertiary/aromatic N) is 1. The van der Waals surface area contributed by atoms with Gasteiger partial charge in [-0.15, -0.1) is 6.07 Å². The fourth-order valence-electron chi connectivity index (χ4n) is 11.0. The van der Waals surface area contributed by atoms with E-state index in [4.69, 9.17) is 9.90 Å². The maximum Gasteiger partial charge on any atom is 0.218 e. The molecule has 0 saturated heterocycles. The Balaban J connectivity index is 0. The average molecular weight is 1640 g/mol. The first-order chi connectivity index (χ1) is 46.9. The molecule has 11 aromatic carbocycles. The Labute approximate surface area is 858 Å². The molecule has 13 nitrogen and oxygen atoms in total. The van der Waals surface area contributed by atoms with Crippen molar-refractivity contribution in [2.24, 2.45) is 0 Å². The number of nitrogens with one attached hydrogen (secondary N) is 4. The molecule has 0 aliphatic carbocycles. The minimum absolute atomic E-state index is 0. The summed E-state index contributed by atoms with van der Waals surface area (Å²) in [4.78, 5) is 22.0. The first-order valence-corrected chi connectivity index (χ1v) is 31.3. The number of aromatic nitrogens is 5. The first kappa shape index (κ1) is 106. The van der Waals surface area contributed by atoms with Gasteiger partial charge in [0, 0.05) is 86.8 Å². The topological polar surface area (TPSA) is 247 Å². The van der Waals surface area contributed by atoms with Crippen LogP contribution in [0.15, 0.2) is 310 Å². The number of H-pyrrole nitrogens is 4. The van der Waals surface area contributed by atoms with Gasteiger partial charge in [0.05, 0.1) is 10.8 Å². The van der Waals surface area contributed by atoms with E-state index in [2.05, 4.69) is 44.3 Å². The van der Waals surface area contributed by atoms with Crippen LogP contribution in [0.5, 0.6) is 28.7 Å². The molecule has 0 spiro atoms. The molecule has 0 unspecified atom stereocenters. The predicted molar refractivity (Wildman–Crippen MR) is 373 cm³/mol. The zero-order valence-corrected chi connectivity index (χ0v) is 78.2. The molecular formula is C82H63Cs2F2KLi7N5O8+4.